The molecule has 2 heterocycles. The van der Waals surface area contributed by atoms with E-state index < -0.39 is 10.0 Å². The second-order valence-corrected chi connectivity index (χ2v) is 8.47. The zero-order valence-electron chi connectivity index (χ0n) is 13.0. The van der Waals surface area contributed by atoms with Gasteiger partial charge < -0.3 is 4.90 Å². The third-order valence-electron chi connectivity index (χ3n) is 4.79. The zero-order valence-corrected chi connectivity index (χ0v) is 13.8. The van der Waals surface area contributed by atoms with Crippen LogP contribution in [0.15, 0.2) is 18.5 Å². The van der Waals surface area contributed by atoms with Crippen molar-refractivity contribution in [3.8, 4) is 0 Å². The van der Waals surface area contributed by atoms with Crippen LogP contribution in [-0.2, 0) is 16.6 Å². The molecular formula is C15H26N4O2S. The summed E-state index contributed by atoms with van der Waals surface area (Å²) in [5.41, 5.74) is 0. The van der Waals surface area contributed by atoms with Gasteiger partial charge in [0, 0.05) is 31.5 Å². The number of nitrogens with zero attached hydrogens (tertiary/aromatic N) is 3. The molecule has 22 heavy (non-hydrogen) atoms. The summed E-state index contributed by atoms with van der Waals surface area (Å²) in [6, 6.07) is 2.08. The van der Waals surface area contributed by atoms with E-state index in [0.29, 0.717) is 6.54 Å². The van der Waals surface area contributed by atoms with E-state index in [2.05, 4.69) is 14.7 Å². The fourth-order valence-corrected chi connectivity index (χ4v) is 5.30. The van der Waals surface area contributed by atoms with Gasteiger partial charge in [0.2, 0.25) is 10.0 Å². The quantitative estimate of drug-likeness (QED) is 0.853. The van der Waals surface area contributed by atoms with Crippen molar-refractivity contribution >= 4 is 10.0 Å². The van der Waals surface area contributed by atoms with Crippen LogP contribution in [0, 0.1) is 0 Å². The predicted molar refractivity (Wildman–Crippen MR) is 86.0 cm³/mol. The van der Waals surface area contributed by atoms with Crippen LogP contribution in [0.3, 0.4) is 0 Å². The molecule has 1 aromatic heterocycles. The standard InChI is InChI=1S/C15H26N4O2S/c20-22(21,17-14-5-1-2-6-14)15-7-3-9-18(13-15)11-12-19-10-4-8-16-19/h4,8,10,14-15,17H,1-3,5-7,9,11-13H2/t15-/m0/s1. The Morgan fingerprint density at radius 3 is 2.68 bits per heavy atom. The molecule has 6 nitrogen and oxygen atoms in total. The molecule has 7 heteroatoms. The Morgan fingerprint density at radius 2 is 1.95 bits per heavy atom. The first-order valence-electron chi connectivity index (χ1n) is 8.34. The molecule has 2 fully saturated rings. The summed E-state index contributed by atoms with van der Waals surface area (Å²) in [6.45, 7) is 3.30. The lowest BCUT2D eigenvalue weighted by Gasteiger charge is -2.33. The molecule has 0 amide bonds. The minimum Gasteiger partial charge on any atom is -0.300 e. The highest BCUT2D eigenvalue weighted by molar-refractivity contribution is 7.90. The summed E-state index contributed by atoms with van der Waals surface area (Å²) in [5, 5.41) is 3.93. The van der Waals surface area contributed by atoms with Crippen molar-refractivity contribution in [2.24, 2.45) is 0 Å². The van der Waals surface area contributed by atoms with Crippen LogP contribution in [-0.4, -0.2) is 54.0 Å². The van der Waals surface area contributed by atoms with Gasteiger partial charge in [-0.1, -0.05) is 12.8 Å². The number of aromatic nitrogens is 2. The summed E-state index contributed by atoms with van der Waals surface area (Å²) >= 11 is 0. The summed E-state index contributed by atoms with van der Waals surface area (Å²) in [7, 11) is -3.19. The van der Waals surface area contributed by atoms with E-state index in [-0.39, 0.29) is 11.3 Å². The lowest BCUT2D eigenvalue weighted by molar-refractivity contribution is 0.218. The van der Waals surface area contributed by atoms with Crippen LogP contribution in [0.25, 0.3) is 0 Å². The van der Waals surface area contributed by atoms with E-state index in [4.69, 9.17) is 0 Å². The highest BCUT2D eigenvalue weighted by atomic mass is 32.2. The maximum Gasteiger partial charge on any atom is 0.215 e. The highest BCUT2D eigenvalue weighted by Gasteiger charge is 2.32. The molecule has 0 spiro atoms. The number of hydrogen-bond donors (Lipinski definition) is 1. The Labute approximate surface area is 132 Å². The smallest absolute Gasteiger partial charge is 0.215 e. The second-order valence-electron chi connectivity index (χ2n) is 6.48. The maximum absolute atomic E-state index is 12.6. The second kappa shape index (κ2) is 7.10. The van der Waals surface area contributed by atoms with Gasteiger partial charge in [0.05, 0.1) is 11.8 Å². The van der Waals surface area contributed by atoms with Gasteiger partial charge >= 0.3 is 0 Å². The Hall–Kier alpha value is -0.920. The van der Waals surface area contributed by atoms with Gasteiger partial charge in [-0.25, -0.2) is 13.1 Å². The summed E-state index contributed by atoms with van der Waals surface area (Å²) in [5.74, 6) is 0. The summed E-state index contributed by atoms with van der Waals surface area (Å²) in [6.07, 6.45) is 9.73. The van der Waals surface area contributed by atoms with Crippen molar-refractivity contribution in [3.05, 3.63) is 18.5 Å². The van der Waals surface area contributed by atoms with Gasteiger partial charge in [0.15, 0.2) is 0 Å². The Kier molecular flexibility index (Phi) is 5.15. The molecule has 2 aliphatic rings. The molecular weight excluding hydrogens is 300 g/mol. The zero-order chi connectivity index (χ0) is 15.4. The minimum atomic E-state index is -3.19. The molecule has 1 N–H and O–H groups in total. The van der Waals surface area contributed by atoms with Crippen molar-refractivity contribution in [2.45, 2.75) is 56.4 Å². The van der Waals surface area contributed by atoms with Gasteiger partial charge in [-0.3, -0.25) is 4.68 Å². The molecule has 1 aliphatic carbocycles. The third-order valence-corrected chi connectivity index (χ3v) is 6.72. The van der Waals surface area contributed by atoms with E-state index in [0.717, 1.165) is 58.2 Å². The van der Waals surface area contributed by atoms with E-state index in [1.807, 2.05) is 16.9 Å². The first-order chi connectivity index (χ1) is 10.6. The van der Waals surface area contributed by atoms with E-state index in [1.54, 1.807) is 6.20 Å². The normalized spacial score (nSPS) is 24.8. The molecule has 1 aromatic rings. The highest BCUT2D eigenvalue weighted by Crippen LogP contribution is 2.22. The monoisotopic (exact) mass is 326 g/mol. The van der Waals surface area contributed by atoms with Crippen molar-refractivity contribution in [1.82, 2.24) is 19.4 Å². The number of sulfonamides is 1. The van der Waals surface area contributed by atoms with Gasteiger partial charge in [0.1, 0.15) is 0 Å². The summed E-state index contributed by atoms with van der Waals surface area (Å²) < 4.78 is 30.0. The van der Waals surface area contributed by atoms with Crippen molar-refractivity contribution in [1.29, 1.82) is 0 Å². The van der Waals surface area contributed by atoms with Gasteiger partial charge in [-0.05, 0) is 38.3 Å². The average Bonchev–Trinajstić information content (AvgIpc) is 3.18. The minimum absolute atomic E-state index is 0.171. The first kappa shape index (κ1) is 16.0. The molecule has 0 unspecified atom stereocenters. The largest absolute Gasteiger partial charge is 0.300 e. The topological polar surface area (TPSA) is 67.2 Å². The fraction of sp³-hybridized carbons (Fsp3) is 0.800. The molecule has 1 saturated heterocycles. The molecule has 1 aliphatic heterocycles. The van der Waals surface area contributed by atoms with Crippen LogP contribution in [0.4, 0.5) is 0 Å². The van der Waals surface area contributed by atoms with Gasteiger partial charge in [-0.2, -0.15) is 5.10 Å². The molecule has 1 saturated carbocycles. The van der Waals surface area contributed by atoms with E-state index in [9.17, 15) is 8.42 Å². The van der Waals surface area contributed by atoms with E-state index in [1.165, 1.54) is 0 Å². The summed E-state index contributed by atoms with van der Waals surface area (Å²) in [4.78, 5) is 2.25. The van der Waals surface area contributed by atoms with Crippen LogP contribution in [0.5, 0.6) is 0 Å². The van der Waals surface area contributed by atoms with Gasteiger partial charge in [-0.15, -0.1) is 0 Å². The molecule has 124 valence electrons. The van der Waals surface area contributed by atoms with Crippen molar-refractivity contribution in [3.63, 3.8) is 0 Å². The van der Waals surface area contributed by atoms with Crippen LogP contribution >= 0.6 is 0 Å². The molecule has 3 rings (SSSR count). The maximum atomic E-state index is 12.6. The number of rotatable bonds is 6. The molecule has 1 atom stereocenters. The Morgan fingerprint density at radius 1 is 1.14 bits per heavy atom. The molecule has 0 radical (unpaired) electrons. The van der Waals surface area contributed by atoms with Crippen LogP contribution in [0.2, 0.25) is 0 Å². The van der Waals surface area contributed by atoms with Crippen LogP contribution < -0.4 is 4.72 Å². The Bertz CT molecular complexity index is 552. The average molecular weight is 326 g/mol. The number of nitrogens with one attached hydrogen (secondary N) is 1. The number of likely N-dealkylation sites (tertiary alicyclic amines) is 1. The Balaban J connectivity index is 1.52. The van der Waals surface area contributed by atoms with E-state index >= 15 is 0 Å². The van der Waals surface area contributed by atoms with Crippen LogP contribution in [0.1, 0.15) is 38.5 Å². The lowest BCUT2D eigenvalue weighted by atomic mass is 10.1. The third kappa shape index (κ3) is 4.08. The number of hydrogen-bond acceptors (Lipinski definition) is 4. The first-order valence-corrected chi connectivity index (χ1v) is 9.89. The van der Waals surface area contributed by atoms with Crippen molar-refractivity contribution < 1.29 is 8.42 Å². The number of piperidine rings is 1. The molecule has 0 bridgehead atoms. The van der Waals surface area contributed by atoms with Gasteiger partial charge in [0.25, 0.3) is 0 Å². The van der Waals surface area contributed by atoms with Crippen molar-refractivity contribution in [2.75, 3.05) is 19.6 Å². The fourth-order valence-electron chi connectivity index (χ4n) is 3.52. The lowest BCUT2D eigenvalue weighted by Crippen LogP contribution is -2.48. The molecule has 0 aromatic carbocycles. The predicted octanol–water partition coefficient (Wildman–Crippen LogP) is 1.21. The SMILES string of the molecule is O=S(=O)(NC1CCCC1)[C@H]1CCCN(CCn2cccn2)C1.